The van der Waals surface area contributed by atoms with E-state index in [1.165, 1.54) is 0 Å². The Hall–Kier alpha value is -2.34. The van der Waals surface area contributed by atoms with Crippen molar-refractivity contribution in [2.24, 2.45) is 22.7 Å². The number of hydrogen-bond donors (Lipinski definition) is 3. The Morgan fingerprint density at radius 2 is 1.87 bits per heavy atom. The molecule has 7 heteroatoms. The number of anilines is 1. The molecule has 0 fully saturated rings. The van der Waals surface area contributed by atoms with Crippen molar-refractivity contribution in [1.82, 2.24) is 5.43 Å². The van der Waals surface area contributed by atoms with E-state index >= 15 is 0 Å². The smallest absolute Gasteiger partial charge is 0.229 e. The largest absolute Gasteiger partial charge is 0.326 e. The number of carbonyl (C=O) groups excluding carboxylic acids is 1. The molecule has 1 heterocycles. The lowest BCUT2D eigenvalue weighted by Gasteiger charge is -2.20. The van der Waals surface area contributed by atoms with Gasteiger partial charge < -0.3 is 10.7 Å². The predicted octanol–water partition coefficient (Wildman–Crippen LogP) is 6.11. The van der Waals surface area contributed by atoms with E-state index in [1.807, 2.05) is 42.5 Å². The highest BCUT2D eigenvalue weighted by atomic mass is 35.5. The summed E-state index contributed by atoms with van der Waals surface area (Å²) in [7, 11) is 0. The molecule has 0 saturated heterocycles. The summed E-state index contributed by atoms with van der Waals surface area (Å²) in [5, 5.41) is 4.24. The molecule has 2 aromatic carbocycles. The second kappa shape index (κ2) is 15.5. The van der Waals surface area contributed by atoms with Gasteiger partial charge in [0.1, 0.15) is 5.84 Å². The van der Waals surface area contributed by atoms with Crippen molar-refractivity contribution in [3.8, 4) is 0 Å². The number of amidine groups is 1. The molecule has 0 radical (unpaired) electrons. The van der Waals surface area contributed by atoms with Gasteiger partial charge >= 0.3 is 0 Å². The average molecular weight is 463 g/mol. The van der Waals surface area contributed by atoms with Crippen molar-refractivity contribution < 1.29 is 4.79 Å². The lowest BCUT2D eigenvalue weighted by Crippen LogP contribution is -2.36. The number of hydrogen-bond acceptors (Lipinski definition) is 4. The zero-order valence-corrected chi connectivity index (χ0v) is 19.7. The fraction of sp³-hybridized carbons (Fsp3) is 0.333. The lowest BCUT2D eigenvalue weighted by atomic mass is 9.99. The molecular formula is C24H32Cl2N4O. The molecule has 31 heavy (non-hydrogen) atoms. The minimum atomic E-state index is -0.110. The van der Waals surface area contributed by atoms with Crippen molar-refractivity contribution in [3.63, 3.8) is 0 Å². The first-order chi connectivity index (χ1) is 14.8. The fourth-order valence-corrected chi connectivity index (χ4v) is 2.93. The van der Waals surface area contributed by atoms with Gasteiger partial charge in [-0.05, 0) is 49.1 Å². The monoisotopic (exact) mass is 462 g/mol. The minimum absolute atomic E-state index is 0.0305. The molecule has 168 valence electrons. The maximum Gasteiger partial charge on any atom is 0.229 e. The number of allylic oxidation sites excluding steroid dienone is 1. The number of rotatable bonds is 4. The molecule has 5 nitrogen and oxygen atoms in total. The van der Waals surface area contributed by atoms with E-state index in [0.717, 1.165) is 29.6 Å². The summed E-state index contributed by atoms with van der Waals surface area (Å²) in [6.45, 7) is 8.43. The van der Waals surface area contributed by atoms with Crippen molar-refractivity contribution in [1.29, 1.82) is 0 Å². The van der Waals surface area contributed by atoms with Crippen LogP contribution in [0.25, 0.3) is 0 Å². The van der Waals surface area contributed by atoms with Gasteiger partial charge in [-0.1, -0.05) is 67.4 Å². The fourth-order valence-electron chi connectivity index (χ4n) is 2.59. The van der Waals surface area contributed by atoms with Crippen LogP contribution in [-0.4, -0.2) is 18.3 Å². The highest BCUT2D eigenvalue weighted by Crippen LogP contribution is 2.19. The summed E-state index contributed by atoms with van der Waals surface area (Å²) in [6, 6.07) is 16.5. The SMILES string of the molecule is C=CCC(C)C.Clc1ccccc1.NNC1=NCC(C(=O)Nc2cccc(Cl)c2)CC1. The Kier molecular flexibility index (Phi) is 13.3. The van der Waals surface area contributed by atoms with Gasteiger partial charge in [-0.15, -0.1) is 6.58 Å². The summed E-state index contributed by atoms with van der Waals surface area (Å²) in [5.74, 6) is 6.66. The van der Waals surface area contributed by atoms with E-state index in [2.05, 4.69) is 36.2 Å². The first-order valence-corrected chi connectivity index (χ1v) is 11.0. The lowest BCUT2D eigenvalue weighted by molar-refractivity contribution is -0.119. The Balaban J connectivity index is 0.000000303. The Bertz CT molecular complexity index is 825. The van der Waals surface area contributed by atoms with Gasteiger partial charge in [-0.3, -0.25) is 9.79 Å². The molecule has 0 bridgehead atoms. The van der Waals surface area contributed by atoms with E-state index in [0.29, 0.717) is 23.7 Å². The molecule has 1 atom stereocenters. The van der Waals surface area contributed by atoms with Crippen LogP contribution < -0.4 is 16.6 Å². The molecule has 1 aliphatic heterocycles. The molecule has 1 amide bonds. The van der Waals surface area contributed by atoms with Gasteiger partial charge in [0.15, 0.2) is 0 Å². The quantitative estimate of drug-likeness (QED) is 0.291. The van der Waals surface area contributed by atoms with Gasteiger partial charge in [0.05, 0.1) is 12.5 Å². The molecule has 3 rings (SSSR count). The maximum atomic E-state index is 12.0. The maximum absolute atomic E-state index is 12.0. The van der Waals surface area contributed by atoms with Crippen LogP contribution in [0.1, 0.15) is 33.1 Å². The summed E-state index contributed by atoms with van der Waals surface area (Å²) in [5.41, 5.74) is 3.23. The van der Waals surface area contributed by atoms with Crippen LogP contribution in [0.4, 0.5) is 5.69 Å². The van der Waals surface area contributed by atoms with Gasteiger partial charge in [-0.2, -0.15) is 0 Å². The van der Waals surface area contributed by atoms with Crippen LogP contribution >= 0.6 is 23.2 Å². The second-order valence-corrected chi connectivity index (χ2v) is 8.25. The highest BCUT2D eigenvalue weighted by molar-refractivity contribution is 6.31. The van der Waals surface area contributed by atoms with Gasteiger partial charge in [-0.25, -0.2) is 5.84 Å². The number of benzene rings is 2. The molecule has 0 spiro atoms. The Morgan fingerprint density at radius 1 is 1.19 bits per heavy atom. The van der Waals surface area contributed by atoms with E-state index in [-0.39, 0.29) is 11.8 Å². The highest BCUT2D eigenvalue weighted by Gasteiger charge is 2.22. The zero-order valence-electron chi connectivity index (χ0n) is 18.2. The van der Waals surface area contributed by atoms with Gasteiger partial charge in [0.25, 0.3) is 0 Å². The van der Waals surface area contributed by atoms with E-state index in [1.54, 1.807) is 18.2 Å². The molecule has 1 unspecified atom stereocenters. The molecule has 0 aromatic heterocycles. The third-order valence-electron chi connectivity index (χ3n) is 4.23. The van der Waals surface area contributed by atoms with Crippen LogP contribution in [0.3, 0.4) is 0 Å². The number of hydrazine groups is 1. The first kappa shape index (κ1) is 26.7. The van der Waals surface area contributed by atoms with Crippen molar-refractivity contribution in [2.75, 3.05) is 11.9 Å². The topological polar surface area (TPSA) is 79.5 Å². The molecule has 4 N–H and O–H groups in total. The third-order valence-corrected chi connectivity index (χ3v) is 4.72. The zero-order chi connectivity index (χ0) is 23.1. The van der Waals surface area contributed by atoms with Crippen molar-refractivity contribution >= 4 is 40.6 Å². The van der Waals surface area contributed by atoms with E-state index in [9.17, 15) is 4.79 Å². The number of nitrogens with one attached hydrogen (secondary N) is 2. The second-order valence-electron chi connectivity index (χ2n) is 7.38. The van der Waals surface area contributed by atoms with Crippen molar-refractivity contribution in [2.45, 2.75) is 33.1 Å². The molecule has 2 aromatic rings. The number of nitrogens with zero attached hydrogens (tertiary/aromatic N) is 1. The van der Waals surface area contributed by atoms with Crippen molar-refractivity contribution in [3.05, 3.63) is 77.3 Å². The molecule has 1 aliphatic rings. The number of carbonyl (C=O) groups is 1. The summed E-state index contributed by atoms with van der Waals surface area (Å²) in [6.07, 6.45) is 4.53. The minimum Gasteiger partial charge on any atom is -0.326 e. The third kappa shape index (κ3) is 12.2. The number of amides is 1. The molecular weight excluding hydrogens is 431 g/mol. The number of halogens is 2. The van der Waals surface area contributed by atoms with Gasteiger partial charge in [0.2, 0.25) is 5.91 Å². The predicted molar refractivity (Wildman–Crippen MR) is 134 cm³/mol. The summed E-state index contributed by atoms with van der Waals surface area (Å²) < 4.78 is 0. The van der Waals surface area contributed by atoms with Crippen LogP contribution in [0, 0.1) is 11.8 Å². The van der Waals surface area contributed by atoms with Gasteiger partial charge in [0, 0.05) is 22.2 Å². The van der Waals surface area contributed by atoms with Crippen LogP contribution in [0.15, 0.2) is 72.2 Å². The van der Waals surface area contributed by atoms with Crippen LogP contribution in [0.2, 0.25) is 10.0 Å². The summed E-state index contributed by atoms with van der Waals surface area (Å²) in [4.78, 5) is 16.2. The van der Waals surface area contributed by atoms with Crippen LogP contribution in [0.5, 0.6) is 0 Å². The number of nitrogens with two attached hydrogens (primary N) is 1. The van der Waals surface area contributed by atoms with Crippen LogP contribution in [-0.2, 0) is 4.79 Å². The molecule has 0 saturated carbocycles. The summed E-state index contributed by atoms with van der Waals surface area (Å²) >= 11 is 11.4. The molecule has 0 aliphatic carbocycles. The Labute approximate surface area is 195 Å². The Morgan fingerprint density at radius 3 is 2.29 bits per heavy atom. The van der Waals surface area contributed by atoms with E-state index < -0.39 is 0 Å². The normalized spacial score (nSPS) is 14.8. The van der Waals surface area contributed by atoms with E-state index in [4.69, 9.17) is 29.0 Å². The standard InChI is InChI=1S/C12H15ClN4O.C6H5Cl.C6H12/c13-9-2-1-3-10(6-9)16-12(18)8-4-5-11(17-14)15-7-8;7-6-4-2-1-3-5-6;1-4-5-6(2)3/h1-3,6,8H,4-5,7,14H2,(H,15,17)(H,16,18);1-5H;4,6H,1,5H2,2-3H3. The number of aliphatic imine (C=N–C) groups is 1. The first-order valence-electron chi connectivity index (χ1n) is 10.2. The average Bonchev–Trinajstić information content (AvgIpc) is 2.75.